The van der Waals surface area contributed by atoms with Gasteiger partial charge in [0.15, 0.2) is 0 Å². The summed E-state index contributed by atoms with van der Waals surface area (Å²) in [6.45, 7) is 1.83. The number of aromatic nitrogens is 1. The summed E-state index contributed by atoms with van der Waals surface area (Å²) in [5.41, 5.74) is 7.31. The summed E-state index contributed by atoms with van der Waals surface area (Å²) in [6.07, 6.45) is 2.79. The highest BCUT2D eigenvalue weighted by molar-refractivity contribution is 7.10. The molecule has 0 atom stereocenters. The van der Waals surface area contributed by atoms with Crippen LogP contribution in [0.3, 0.4) is 0 Å². The molecule has 66 valence electrons. The topological polar surface area (TPSA) is 62.8 Å². The van der Waals surface area contributed by atoms with Crippen molar-refractivity contribution < 1.29 is 0 Å². The van der Waals surface area contributed by atoms with E-state index in [0.29, 0.717) is 0 Å². The molecule has 0 radical (unpaired) electrons. The first-order chi connectivity index (χ1) is 5.68. The van der Waals surface area contributed by atoms with Gasteiger partial charge in [0, 0.05) is 5.71 Å². The second-order valence-electron chi connectivity index (χ2n) is 2.85. The normalized spacial score (nSPS) is 10.1. The van der Waals surface area contributed by atoms with Gasteiger partial charge in [-0.25, -0.2) is 0 Å². The van der Waals surface area contributed by atoms with Gasteiger partial charge in [-0.1, -0.05) is 0 Å². The lowest BCUT2D eigenvalue weighted by Crippen LogP contribution is -1.91. The van der Waals surface area contributed by atoms with Crippen LogP contribution in [0.2, 0.25) is 0 Å². The van der Waals surface area contributed by atoms with Gasteiger partial charge >= 0.3 is 0 Å². The molecule has 0 fully saturated rings. The Labute approximate surface area is 76.3 Å². The first-order valence-corrected chi connectivity index (χ1v) is 4.71. The lowest BCUT2D eigenvalue weighted by molar-refractivity contribution is 0.845. The van der Waals surface area contributed by atoms with Gasteiger partial charge in [-0.3, -0.25) is 0 Å². The minimum atomic E-state index is 0.734. The second kappa shape index (κ2) is 4.21. The predicted octanol–water partition coefficient (Wildman–Crippen LogP) is 2.09. The maximum Gasteiger partial charge on any atom is 0.107 e. The first-order valence-electron chi connectivity index (χ1n) is 3.93. The van der Waals surface area contributed by atoms with Gasteiger partial charge in [-0.05, 0) is 43.8 Å². The summed E-state index contributed by atoms with van der Waals surface area (Å²) in [7, 11) is 0. The number of rotatable bonds is 4. The second-order valence-corrected chi connectivity index (χ2v) is 3.69. The van der Waals surface area contributed by atoms with Crippen LogP contribution in [0.4, 0.5) is 5.00 Å². The van der Waals surface area contributed by atoms with Crippen LogP contribution in [0.15, 0.2) is 6.07 Å². The number of hydrogen-bond donors (Lipinski definition) is 2. The van der Waals surface area contributed by atoms with Gasteiger partial charge in [0.05, 0.1) is 5.69 Å². The highest BCUT2D eigenvalue weighted by Gasteiger charge is 1.98. The number of anilines is 1. The van der Waals surface area contributed by atoms with Crippen LogP contribution >= 0.6 is 11.5 Å². The van der Waals surface area contributed by atoms with Crippen LogP contribution in [-0.2, 0) is 6.42 Å². The molecule has 3 nitrogen and oxygen atoms in total. The Morgan fingerprint density at radius 1 is 1.75 bits per heavy atom. The summed E-state index contributed by atoms with van der Waals surface area (Å²) in [5, 5.41) is 8.00. The average Bonchev–Trinajstić information content (AvgIpc) is 2.35. The number of nitrogens with one attached hydrogen (secondary N) is 1. The Kier molecular flexibility index (Phi) is 3.22. The van der Waals surface area contributed by atoms with E-state index in [2.05, 4.69) is 4.37 Å². The zero-order valence-electron chi connectivity index (χ0n) is 7.13. The van der Waals surface area contributed by atoms with Crippen molar-refractivity contribution in [2.45, 2.75) is 26.2 Å². The number of nitrogens with zero attached hydrogens (tertiary/aromatic N) is 1. The third kappa shape index (κ3) is 3.00. The molecule has 1 heterocycles. The quantitative estimate of drug-likeness (QED) is 0.702. The van der Waals surface area contributed by atoms with Crippen LogP contribution < -0.4 is 5.73 Å². The van der Waals surface area contributed by atoms with Crippen molar-refractivity contribution in [3.63, 3.8) is 0 Å². The van der Waals surface area contributed by atoms with Crippen molar-refractivity contribution in [3.8, 4) is 0 Å². The van der Waals surface area contributed by atoms with Gasteiger partial charge in [-0.2, -0.15) is 4.37 Å². The van der Waals surface area contributed by atoms with Crippen molar-refractivity contribution >= 4 is 22.2 Å². The summed E-state index contributed by atoms with van der Waals surface area (Å²) >= 11 is 1.34. The van der Waals surface area contributed by atoms with Gasteiger partial charge in [-0.15, -0.1) is 0 Å². The average molecular weight is 183 g/mol. The number of aryl methyl sites for hydroxylation is 1. The molecule has 0 aliphatic rings. The van der Waals surface area contributed by atoms with Crippen molar-refractivity contribution in [3.05, 3.63) is 11.8 Å². The summed E-state index contributed by atoms with van der Waals surface area (Å²) < 4.78 is 4.16. The fourth-order valence-corrected chi connectivity index (χ4v) is 1.54. The zero-order valence-corrected chi connectivity index (χ0v) is 7.95. The molecule has 12 heavy (non-hydrogen) atoms. The minimum Gasteiger partial charge on any atom is -0.389 e. The highest BCUT2D eigenvalue weighted by Crippen LogP contribution is 2.13. The van der Waals surface area contributed by atoms with Crippen molar-refractivity contribution in [2.75, 3.05) is 5.73 Å². The molecule has 0 aromatic carbocycles. The Morgan fingerprint density at radius 2 is 2.50 bits per heavy atom. The number of hydrogen-bond acceptors (Lipinski definition) is 4. The van der Waals surface area contributed by atoms with Crippen molar-refractivity contribution in [1.82, 2.24) is 4.37 Å². The largest absolute Gasteiger partial charge is 0.389 e. The number of nitrogen functional groups attached to an aromatic ring is 1. The molecule has 3 N–H and O–H groups in total. The van der Waals surface area contributed by atoms with E-state index in [4.69, 9.17) is 11.1 Å². The molecule has 0 aliphatic heterocycles. The standard InChI is InChI=1S/C8H13N3S/c1-6(9)3-2-4-7-5-8(10)12-11-7/h5,9H,2-4,10H2,1H3. The smallest absolute Gasteiger partial charge is 0.107 e. The van der Waals surface area contributed by atoms with E-state index >= 15 is 0 Å². The van der Waals surface area contributed by atoms with Gasteiger partial charge in [0.1, 0.15) is 5.00 Å². The lowest BCUT2D eigenvalue weighted by atomic mass is 10.1. The molecule has 1 aromatic rings. The minimum absolute atomic E-state index is 0.734. The van der Waals surface area contributed by atoms with Gasteiger partial charge in [0.25, 0.3) is 0 Å². The molecule has 0 saturated heterocycles. The fraction of sp³-hybridized carbons (Fsp3) is 0.500. The van der Waals surface area contributed by atoms with Crippen LogP contribution in [0.5, 0.6) is 0 Å². The SMILES string of the molecule is CC(=N)CCCc1cc(N)sn1. The molecule has 1 aromatic heterocycles. The van der Waals surface area contributed by atoms with E-state index < -0.39 is 0 Å². The number of nitrogens with two attached hydrogens (primary N) is 1. The van der Waals surface area contributed by atoms with E-state index in [-0.39, 0.29) is 0 Å². The van der Waals surface area contributed by atoms with E-state index in [1.807, 2.05) is 13.0 Å². The predicted molar refractivity (Wildman–Crippen MR) is 52.9 cm³/mol. The molecular weight excluding hydrogens is 170 g/mol. The van der Waals surface area contributed by atoms with E-state index in [9.17, 15) is 0 Å². The van der Waals surface area contributed by atoms with Crippen LogP contribution in [0.1, 0.15) is 25.5 Å². The molecule has 0 saturated carbocycles. The Morgan fingerprint density at radius 3 is 3.00 bits per heavy atom. The Hall–Kier alpha value is -0.900. The third-order valence-corrected chi connectivity index (χ3v) is 2.22. The van der Waals surface area contributed by atoms with E-state index in [1.54, 1.807) is 0 Å². The molecule has 4 heteroatoms. The summed E-state index contributed by atoms with van der Waals surface area (Å²) in [6, 6.07) is 1.91. The molecule has 0 spiro atoms. The molecule has 0 unspecified atom stereocenters. The van der Waals surface area contributed by atoms with Crippen LogP contribution in [0, 0.1) is 5.41 Å². The molecule has 0 aliphatic carbocycles. The van der Waals surface area contributed by atoms with Gasteiger partial charge in [0.2, 0.25) is 0 Å². The summed E-state index contributed by atoms with van der Waals surface area (Å²) in [4.78, 5) is 0. The van der Waals surface area contributed by atoms with Crippen LogP contribution in [-0.4, -0.2) is 10.1 Å². The van der Waals surface area contributed by atoms with Crippen molar-refractivity contribution in [2.24, 2.45) is 0 Å². The Bertz CT molecular complexity index is 267. The van der Waals surface area contributed by atoms with E-state index in [0.717, 1.165) is 35.7 Å². The third-order valence-electron chi connectivity index (χ3n) is 1.56. The van der Waals surface area contributed by atoms with Crippen molar-refractivity contribution in [1.29, 1.82) is 5.41 Å². The molecular formula is C8H13N3S. The first kappa shape index (κ1) is 9.19. The highest BCUT2D eigenvalue weighted by atomic mass is 32.1. The van der Waals surface area contributed by atoms with Gasteiger partial charge < -0.3 is 11.1 Å². The molecule has 0 bridgehead atoms. The summed E-state index contributed by atoms with van der Waals surface area (Å²) in [5.74, 6) is 0. The fourth-order valence-electron chi connectivity index (χ4n) is 0.981. The van der Waals surface area contributed by atoms with E-state index in [1.165, 1.54) is 11.5 Å². The molecule has 1 rings (SSSR count). The lowest BCUT2D eigenvalue weighted by Gasteiger charge is -1.94. The maximum absolute atomic E-state index is 7.22. The molecule has 0 amide bonds. The zero-order chi connectivity index (χ0) is 8.97. The van der Waals surface area contributed by atoms with Crippen LogP contribution in [0.25, 0.3) is 0 Å². The maximum atomic E-state index is 7.22. The monoisotopic (exact) mass is 183 g/mol. The Balaban J connectivity index is 2.29.